The van der Waals surface area contributed by atoms with Crippen molar-refractivity contribution in [1.82, 2.24) is 0 Å². The average molecular weight is 324 g/mol. The van der Waals surface area contributed by atoms with E-state index in [4.69, 9.17) is 18.9 Å². The Kier molecular flexibility index (Phi) is 5.72. The molecule has 6 nitrogen and oxygen atoms in total. The average Bonchev–Trinajstić information content (AvgIpc) is 3.02. The second-order valence-electron chi connectivity index (χ2n) is 6.05. The fourth-order valence-corrected chi connectivity index (χ4v) is 2.90. The van der Waals surface area contributed by atoms with Crippen molar-refractivity contribution in [2.45, 2.75) is 43.7 Å². The van der Waals surface area contributed by atoms with Gasteiger partial charge < -0.3 is 29.2 Å². The van der Waals surface area contributed by atoms with Crippen LogP contribution in [0, 0.1) is 0 Å². The number of ether oxygens (including phenoxy) is 4. The fourth-order valence-electron chi connectivity index (χ4n) is 2.90. The van der Waals surface area contributed by atoms with E-state index in [-0.39, 0.29) is 38.6 Å². The van der Waals surface area contributed by atoms with Gasteiger partial charge in [0.2, 0.25) is 0 Å². The highest BCUT2D eigenvalue weighted by Crippen LogP contribution is 2.28. The molecule has 4 atom stereocenters. The monoisotopic (exact) mass is 324 g/mol. The third kappa shape index (κ3) is 4.57. The SMILES string of the molecule is OC1COc2ccccc2OCC(O)CO[C@@H]2CCC[C@@H]2OC1. The highest BCUT2D eigenvalue weighted by Gasteiger charge is 2.30. The zero-order chi connectivity index (χ0) is 16.1. The van der Waals surface area contributed by atoms with Gasteiger partial charge in [0.05, 0.1) is 25.4 Å². The molecule has 6 heteroatoms. The van der Waals surface area contributed by atoms with Crippen molar-refractivity contribution in [3.05, 3.63) is 24.3 Å². The Morgan fingerprint density at radius 3 is 1.70 bits per heavy atom. The molecule has 3 rings (SSSR count). The van der Waals surface area contributed by atoms with Crippen molar-refractivity contribution in [3.8, 4) is 11.5 Å². The molecule has 0 aromatic heterocycles. The van der Waals surface area contributed by atoms with Crippen LogP contribution in [0.15, 0.2) is 24.3 Å². The molecule has 1 aliphatic carbocycles. The molecule has 128 valence electrons. The molecule has 1 saturated carbocycles. The molecular weight excluding hydrogens is 300 g/mol. The van der Waals surface area contributed by atoms with Gasteiger partial charge >= 0.3 is 0 Å². The van der Waals surface area contributed by atoms with Crippen molar-refractivity contribution in [1.29, 1.82) is 0 Å². The second kappa shape index (κ2) is 7.97. The van der Waals surface area contributed by atoms with Crippen LogP contribution in [0.1, 0.15) is 19.3 Å². The summed E-state index contributed by atoms with van der Waals surface area (Å²) in [4.78, 5) is 0. The van der Waals surface area contributed by atoms with Crippen molar-refractivity contribution in [3.63, 3.8) is 0 Å². The van der Waals surface area contributed by atoms with Crippen LogP contribution in [0.4, 0.5) is 0 Å². The molecular formula is C17H24O6. The summed E-state index contributed by atoms with van der Waals surface area (Å²) in [7, 11) is 0. The number of fused-ring (bicyclic) bond motifs is 2. The van der Waals surface area contributed by atoms with E-state index in [1.54, 1.807) is 12.1 Å². The maximum atomic E-state index is 10.0. The number of rotatable bonds is 0. The van der Waals surface area contributed by atoms with Crippen LogP contribution in [-0.4, -0.2) is 61.1 Å². The molecule has 0 spiro atoms. The molecule has 0 radical (unpaired) electrons. The molecule has 0 bridgehead atoms. The minimum Gasteiger partial charge on any atom is -0.487 e. The minimum atomic E-state index is -0.710. The molecule has 2 N–H and O–H groups in total. The molecule has 0 saturated heterocycles. The summed E-state index contributed by atoms with van der Waals surface area (Å²) in [6, 6.07) is 7.20. The van der Waals surface area contributed by atoms with Gasteiger partial charge in [-0.05, 0) is 31.4 Å². The minimum absolute atomic E-state index is 0.0343. The molecule has 23 heavy (non-hydrogen) atoms. The Morgan fingerprint density at radius 1 is 0.739 bits per heavy atom. The fraction of sp³-hybridized carbons (Fsp3) is 0.647. The number of benzene rings is 1. The first-order valence-electron chi connectivity index (χ1n) is 8.16. The van der Waals surface area contributed by atoms with E-state index in [9.17, 15) is 10.2 Å². The molecule has 1 aliphatic heterocycles. The quantitative estimate of drug-likeness (QED) is 0.745. The van der Waals surface area contributed by atoms with Crippen LogP contribution in [0.3, 0.4) is 0 Å². The van der Waals surface area contributed by atoms with Crippen LogP contribution in [0.2, 0.25) is 0 Å². The zero-order valence-corrected chi connectivity index (χ0v) is 13.1. The van der Waals surface area contributed by atoms with E-state index in [0.29, 0.717) is 11.5 Å². The van der Waals surface area contributed by atoms with Crippen molar-refractivity contribution < 1.29 is 29.2 Å². The summed E-state index contributed by atoms with van der Waals surface area (Å²) in [6.45, 7) is 0.661. The molecule has 1 aromatic rings. The lowest BCUT2D eigenvalue weighted by atomic mass is 10.2. The van der Waals surface area contributed by atoms with Crippen molar-refractivity contribution in [2.24, 2.45) is 0 Å². The third-order valence-corrected chi connectivity index (χ3v) is 4.11. The summed E-state index contributed by atoms with van der Waals surface area (Å²) < 4.78 is 22.8. The summed E-state index contributed by atoms with van der Waals surface area (Å²) in [5.41, 5.74) is 0. The number of aliphatic hydroxyl groups is 2. The van der Waals surface area contributed by atoms with Gasteiger partial charge in [-0.1, -0.05) is 12.1 Å². The van der Waals surface area contributed by atoms with Crippen molar-refractivity contribution >= 4 is 0 Å². The van der Waals surface area contributed by atoms with Gasteiger partial charge in [0.15, 0.2) is 11.5 Å². The highest BCUT2D eigenvalue weighted by molar-refractivity contribution is 5.39. The molecule has 1 heterocycles. The van der Waals surface area contributed by atoms with E-state index in [1.807, 2.05) is 12.1 Å². The second-order valence-corrected chi connectivity index (χ2v) is 6.05. The Morgan fingerprint density at radius 2 is 1.22 bits per heavy atom. The highest BCUT2D eigenvalue weighted by atomic mass is 16.6. The topological polar surface area (TPSA) is 77.4 Å². The predicted octanol–water partition coefficient (Wildman–Crippen LogP) is 1.13. The number of aliphatic hydroxyl groups excluding tert-OH is 2. The first-order valence-corrected chi connectivity index (χ1v) is 8.16. The van der Waals surface area contributed by atoms with Crippen LogP contribution in [0.5, 0.6) is 11.5 Å². The van der Waals surface area contributed by atoms with E-state index >= 15 is 0 Å². The van der Waals surface area contributed by atoms with Crippen LogP contribution in [-0.2, 0) is 9.47 Å². The first-order chi connectivity index (χ1) is 11.2. The van der Waals surface area contributed by atoms with E-state index in [2.05, 4.69) is 0 Å². The standard InChI is InChI=1S/C17H24O6/c18-12-8-20-14-4-1-2-5-15(14)21-9-13(19)11-23-17-7-3-6-16(17)22-10-12/h1-2,4-5,12-13,16-19H,3,6-11H2/t12?,13?,16-,17+. The van der Waals surface area contributed by atoms with Gasteiger partial charge in [-0.3, -0.25) is 0 Å². The lowest BCUT2D eigenvalue weighted by Crippen LogP contribution is -2.34. The maximum Gasteiger partial charge on any atom is 0.161 e. The molecule has 0 amide bonds. The first kappa shape index (κ1) is 16.5. The van der Waals surface area contributed by atoms with Gasteiger partial charge in [0, 0.05) is 0 Å². The number of para-hydroxylation sites is 2. The smallest absolute Gasteiger partial charge is 0.161 e. The number of hydrogen-bond acceptors (Lipinski definition) is 6. The summed E-state index contributed by atoms with van der Waals surface area (Å²) >= 11 is 0. The summed E-state index contributed by atoms with van der Waals surface area (Å²) in [5.74, 6) is 1.07. The van der Waals surface area contributed by atoms with E-state index in [0.717, 1.165) is 19.3 Å². The number of hydrogen-bond donors (Lipinski definition) is 2. The van der Waals surface area contributed by atoms with Crippen LogP contribution in [0.25, 0.3) is 0 Å². The van der Waals surface area contributed by atoms with E-state index in [1.165, 1.54) is 0 Å². The Bertz CT molecular complexity index is 451. The van der Waals surface area contributed by atoms with Gasteiger partial charge in [0.25, 0.3) is 0 Å². The van der Waals surface area contributed by atoms with Gasteiger partial charge in [-0.25, -0.2) is 0 Å². The largest absolute Gasteiger partial charge is 0.487 e. The maximum absolute atomic E-state index is 10.0. The normalized spacial score (nSPS) is 32.8. The molecule has 2 unspecified atom stereocenters. The van der Waals surface area contributed by atoms with Crippen LogP contribution < -0.4 is 9.47 Å². The lowest BCUT2D eigenvalue weighted by molar-refractivity contribution is -0.100. The Balaban J connectivity index is 1.68. The molecule has 2 aliphatic rings. The van der Waals surface area contributed by atoms with Gasteiger partial charge in [-0.2, -0.15) is 0 Å². The Labute approximate surface area is 135 Å². The third-order valence-electron chi connectivity index (χ3n) is 4.11. The lowest BCUT2D eigenvalue weighted by Gasteiger charge is -2.24. The molecule has 1 aromatic carbocycles. The van der Waals surface area contributed by atoms with Gasteiger partial charge in [-0.15, -0.1) is 0 Å². The Hall–Kier alpha value is -1.34. The van der Waals surface area contributed by atoms with Crippen LogP contribution >= 0.6 is 0 Å². The summed E-state index contributed by atoms with van der Waals surface area (Å²) in [5, 5.41) is 20.1. The zero-order valence-electron chi connectivity index (χ0n) is 13.1. The molecule has 1 fully saturated rings. The van der Waals surface area contributed by atoms with Crippen molar-refractivity contribution in [2.75, 3.05) is 26.4 Å². The van der Waals surface area contributed by atoms with Gasteiger partial charge in [0.1, 0.15) is 25.4 Å². The van der Waals surface area contributed by atoms with E-state index < -0.39 is 12.2 Å². The summed E-state index contributed by atoms with van der Waals surface area (Å²) in [6.07, 6.45) is 1.36. The predicted molar refractivity (Wildman–Crippen MR) is 82.8 cm³/mol.